The SMILES string of the molecule is COc1cc2ncnc(-c3ccc(NC(=O)Cc4ccc(C(F)(F)F)cc4)cc3)c2cc1O[C@@H]1CCOC1. The molecule has 1 aliphatic rings. The third-order valence-electron chi connectivity index (χ3n) is 6.19. The van der Waals surface area contributed by atoms with Crippen LogP contribution in [0.25, 0.3) is 22.2 Å². The zero-order chi connectivity index (χ0) is 26.7. The Morgan fingerprint density at radius 1 is 1.05 bits per heavy atom. The van der Waals surface area contributed by atoms with Gasteiger partial charge in [-0.05, 0) is 35.9 Å². The number of carbonyl (C=O) groups excluding carboxylic acids is 1. The van der Waals surface area contributed by atoms with Gasteiger partial charge in [0.25, 0.3) is 0 Å². The molecule has 1 aliphatic heterocycles. The van der Waals surface area contributed by atoms with Gasteiger partial charge in [0.2, 0.25) is 5.91 Å². The van der Waals surface area contributed by atoms with E-state index in [4.69, 9.17) is 14.2 Å². The lowest BCUT2D eigenvalue weighted by atomic mass is 10.1. The number of ether oxygens (including phenoxy) is 3. The summed E-state index contributed by atoms with van der Waals surface area (Å²) in [5.41, 5.74) is 2.47. The van der Waals surface area contributed by atoms with E-state index in [1.165, 1.54) is 18.5 Å². The maximum Gasteiger partial charge on any atom is 0.416 e. The van der Waals surface area contributed by atoms with Crippen LogP contribution < -0.4 is 14.8 Å². The van der Waals surface area contributed by atoms with E-state index in [1.54, 1.807) is 19.2 Å². The summed E-state index contributed by atoms with van der Waals surface area (Å²) in [6.07, 6.45) is -2.25. The Morgan fingerprint density at radius 2 is 1.82 bits per heavy atom. The number of hydrogen-bond donors (Lipinski definition) is 1. The largest absolute Gasteiger partial charge is 0.493 e. The van der Waals surface area contributed by atoms with Crippen LogP contribution in [0.5, 0.6) is 11.5 Å². The number of amides is 1. The molecule has 38 heavy (non-hydrogen) atoms. The first-order valence-electron chi connectivity index (χ1n) is 11.9. The van der Waals surface area contributed by atoms with Crippen molar-refractivity contribution >= 4 is 22.5 Å². The van der Waals surface area contributed by atoms with Crippen molar-refractivity contribution in [3.63, 3.8) is 0 Å². The van der Waals surface area contributed by atoms with Crippen LogP contribution in [0.4, 0.5) is 18.9 Å². The summed E-state index contributed by atoms with van der Waals surface area (Å²) in [7, 11) is 1.58. The summed E-state index contributed by atoms with van der Waals surface area (Å²) in [5.74, 6) is 0.814. The van der Waals surface area contributed by atoms with E-state index in [0.29, 0.717) is 47.2 Å². The monoisotopic (exact) mass is 523 g/mol. The first-order valence-corrected chi connectivity index (χ1v) is 11.9. The number of anilines is 1. The molecule has 7 nitrogen and oxygen atoms in total. The molecular formula is C28H24F3N3O4. The Balaban J connectivity index is 1.32. The van der Waals surface area contributed by atoms with Crippen LogP contribution in [0.3, 0.4) is 0 Å². The van der Waals surface area contributed by atoms with E-state index in [-0.39, 0.29) is 18.4 Å². The van der Waals surface area contributed by atoms with Crippen molar-refractivity contribution in [2.75, 3.05) is 25.6 Å². The zero-order valence-corrected chi connectivity index (χ0v) is 20.4. The standard InChI is InChI=1S/C28H24F3N3O4/c1-36-24-14-23-22(13-25(24)38-21-10-11-37-15-21)27(33-16-32-23)18-4-8-20(9-5-18)34-26(35)12-17-2-6-19(7-3-17)28(29,30)31/h2-9,13-14,16,21H,10-12,15H2,1H3,(H,34,35)/t21-/m1/s1. The minimum Gasteiger partial charge on any atom is -0.493 e. The van der Waals surface area contributed by atoms with Gasteiger partial charge in [-0.3, -0.25) is 4.79 Å². The molecule has 10 heteroatoms. The van der Waals surface area contributed by atoms with Gasteiger partial charge in [-0.1, -0.05) is 24.3 Å². The number of nitrogens with one attached hydrogen (secondary N) is 1. The zero-order valence-electron chi connectivity index (χ0n) is 20.4. The Kier molecular flexibility index (Phi) is 7.15. The minimum atomic E-state index is -4.41. The van der Waals surface area contributed by atoms with E-state index in [1.807, 2.05) is 24.3 Å². The van der Waals surface area contributed by atoms with Crippen LogP contribution in [-0.2, 0) is 22.1 Å². The topological polar surface area (TPSA) is 82.6 Å². The van der Waals surface area contributed by atoms with Crippen LogP contribution >= 0.6 is 0 Å². The summed E-state index contributed by atoms with van der Waals surface area (Å²) in [4.78, 5) is 21.3. The van der Waals surface area contributed by atoms with Crippen molar-refractivity contribution < 1.29 is 32.2 Å². The summed E-state index contributed by atoms with van der Waals surface area (Å²) in [6, 6.07) is 15.3. The van der Waals surface area contributed by atoms with E-state index >= 15 is 0 Å². The third kappa shape index (κ3) is 5.70. The molecule has 0 aliphatic carbocycles. The second kappa shape index (κ2) is 10.7. The molecule has 1 fully saturated rings. The molecule has 2 heterocycles. The highest BCUT2D eigenvalue weighted by molar-refractivity contribution is 5.95. The van der Waals surface area contributed by atoms with Gasteiger partial charge in [-0.25, -0.2) is 9.97 Å². The first-order chi connectivity index (χ1) is 18.3. The van der Waals surface area contributed by atoms with Crippen molar-refractivity contribution in [1.82, 2.24) is 9.97 Å². The molecule has 0 bridgehead atoms. The van der Waals surface area contributed by atoms with Gasteiger partial charge >= 0.3 is 6.18 Å². The predicted molar refractivity (Wildman–Crippen MR) is 135 cm³/mol. The lowest BCUT2D eigenvalue weighted by molar-refractivity contribution is -0.137. The smallest absolute Gasteiger partial charge is 0.416 e. The molecule has 1 aromatic heterocycles. The fraction of sp³-hybridized carbons (Fsp3) is 0.250. The second-order valence-corrected chi connectivity index (χ2v) is 8.84. The van der Waals surface area contributed by atoms with Gasteiger partial charge in [0.05, 0.1) is 43.5 Å². The Bertz CT molecular complexity index is 1440. The van der Waals surface area contributed by atoms with Crippen LogP contribution in [0.2, 0.25) is 0 Å². The normalized spacial score (nSPS) is 15.4. The molecule has 1 atom stereocenters. The lowest BCUT2D eigenvalue weighted by Crippen LogP contribution is -2.16. The van der Waals surface area contributed by atoms with Gasteiger partial charge in [0.1, 0.15) is 12.4 Å². The summed E-state index contributed by atoms with van der Waals surface area (Å²) in [5, 5.41) is 3.55. The molecule has 1 N–H and O–H groups in total. The number of benzene rings is 3. The Labute approximate surface area is 216 Å². The van der Waals surface area contributed by atoms with Gasteiger partial charge in [0, 0.05) is 29.1 Å². The highest BCUT2D eigenvalue weighted by atomic mass is 19.4. The first kappa shape index (κ1) is 25.5. The number of alkyl halides is 3. The summed E-state index contributed by atoms with van der Waals surface area (Å²) < 4.78 is 55.3. The highest BCUT2D eigenvalue weighted by Gasteiger charge is 2.30. The van der Waals surface area contributed by atoms with Crippen molar-refractivity contribution in [1.29, 1.82) is 0 Å². The van der Waals surface area contributed by atoms with Gasteiger partial charge < -0.3 is 19.5 Å². The predicted octanol–water partition coefficient (Wildman–Crippen LogP) is 5.67. The number of aromatic nitrogens is 2. The van der Waals surface area contributed by atoms with Gasteiger partial charge in [-0.15, -0.1) is 0 Å². The number of nitrogens with zero attached hydrogens (tertiary/aromatic N) is 2. The molecule has 0 radical (unpaired) electrons. The fourth-order valence-corrected chi connectivity index (χ4v) is 4.24. The molecule has 196 valence electrons. The molecule has 3 aromatic carbocycles. The number of fused-ring (bicyclic) bond motifs is 1. The molecule has 5 rings (SSSR count). The molecular weight excluding hydrogens is 499 g/mol. The van der Waals surface area contributed by atoms with Crippen molar-refractivity contribution in [2.45, 2.75) is 25.1 Å². The Hall–Kier alpha value is -4.18. The quantitative estimate of drug-likeness (QED) is 0.336. The number of methoxy groups -OCH3 is 1. The molecule has 1 saturated heterocycles. The van der Waals surface area contributed by atoms with Crippen LogP contribution in [0, 0.1) is 0 Å². The summed E-state index contributed by atoms with van der Waals surface area (Å²) >= 11 is 0. The lowest BCUT2D eigenvalue weighted by Gasteiger charge is -2.16. The van der Waals surface area contributed by atoms with E-state index in [0.717, 1.165) is 29.5 Å². The van der Waals surface area contributed by atoms with Crippen molar-refractivity contribution in [2.24, 2.45) is 0 Å². The fourth-order valence-electron chi connectivity index (χ4n) is 4.24. The number of hydrogen-bond acceptors (Lipinski definition) is 6. The second-order valence-electron chi connectivity index (χ2n) is 8.84. The molecule has 4 aromatic rings. The average Bonchev–Trinajstić information content (AvgIpc) is 3.41. The molecule has 0 saturated carbocycles. The van der Waals surface area contributed by atoms with Crippen LogP contribution in [-0.4, -0.2) is 42.3 Å². The van der Waals surface area contributed by atoms with Gasteiger partial charge in [-0.2, -0.15) is 13.2 Å². The highest BCUT2D eigenvalue weighted by Crippen LogP contribution is 2.37. The summed E-state index contributed by atoms with van der Waals surface area (Å²) in [6.45, 7) is 1.17. The molecule has 0 unspecified atom stereocenters. The third-order valence-corrected chi connectivity index (χ3v) is 6.19. The van der Waals surface area contributed by atoms with Gasteiger partial charge in [0.15, 0.2) is 11.5 Å². The van der Waals surface area contributed by atoms with Crippen molar-refractivity contribution in [3.8, 4) is 22.8 Å². The van der Waals surface area contributed by atoms with E-state index in [2.05, 4.69) is 15.3 Å². The van der Waals surface area contributed by atoms with Crippen LogP contribution in [0.1, 0.15) is 17.5 Å². The number of carbonyl (C=O) groups is 1. The molecule has 0 spiro atoms. The van der Waals surface area contributed by atoms with E-state index in [9.17, 15) is 18.0 Å². The number of halogens is 3. The minimum absolute atomic E-state index is 0.0485. The van der Waals surface area contributed by atoms with Crippen LogP contribution in [0.15, 0.2) is 67.0 Å². The number of rotatable bonds is 7. The van der Waals surface area contributed by atoms with E-state index < -0.39 is 11.7 Å². The molecule has 1 amide bonds. The maximum atomic E-state index is 12.7. The average molecular weight is 524 g/mol. The van der Waals surface area contributed by atoms with Crippen molar-refractivity contribution in [3.05, 3.63) is 78.1 Å². The maximum absolute atomic E-state index is 12.7. The Morgan fingerprint density at radius 3 is 2.47 bits per heavy atom.